The van der Waals surface area contributed by atoms with Crippen molar-refractivity contribution in [1.82, 2.24) is 20.4 Å². The van der Waals surface area contributed by atoms with E-state index in [0.717, 1.165) is 31.7 Å². The topological polar surface area (TPSA) is 98.8 Å². The molecule has 3 saturated heterocycles. The Bertz CT molecular complexity index is 884. The van der Waals surface area contributed by atoms with Crippen LogP contribution in [0.2, 0.25) is 0 Å². The Hall–Kier alpha value is -2.74. The highest BCUT2D eigenvalue weighted by Crippen LogP contribution is 2.35. The van der Waals surface area contributed by atoms with Gasteiger partial charge in [-0.2, -0.15) is 0 Å². The normalized spacial score (nSPS) is 25.8. The third kappa shape index (κ3) is 2.47. The fourth-order valence-electron chi connectivity index (χ4n) is 4.50. The number of hydrogen-bond acceptors (Lipinski definition) is 5. The Labute approximate surface area is 155 Å². The summed E-state index contributed by atoms with van der Waals surface area (Å²) in [6.07, 6.45) is 0.561. The van der Waals surface area contributed by atoms with Crippen LogP contribution in [0.3, 0.4) is 0 Å². The van der Waals surface area contributed by atoms with Gasteiger partial charge in [0.25, 0.3) is 11.8 Å². The molecule has 0 aliphatic carbocycles. The van der Waals surface area contributed by atoms with E-state index in [2.05, 4.69) is 10.6 Å². The number of hydrogen-bond donors (Lipinski definition) is 2. The average molecular weight is 368 g/mol. The molecule has 1 atom stereocenters. The molecule has 0 saturated carbocycles. The molecule has 27 heavy (non-hydrogen) atoms. The molecule has 2 N–H and O–H groups in total. The molecule has 4 aliphatic heterocycles. The van der Waals surface area contributed by atoms with Gasteiger partial charge >= 0.3 is 0 Å². The number of benzene rings is 1. The average Bonchev–Trinajstić information content (AvgIpc) is 2.88. The van der Waals surface area contributed by atoms with E-state index in [1.807, 2.05) is 4.90 Å². The van der Waals surface area contributed by atoms with Gasteiger partial charge in [0.2, 0.25) is 11.8 Å². The molecule has 1 aromatic carbocycles. The molecule has 0 aromatic heterocycles. The molecule has 8 heteroatoms. The van der Waals surface area contributed by atoms with Gasteiger partial charge in [0.1, 0.15) is 6.04 Å². The maximum Gasteiger partial charge on any atom is 0.255 e. The van der Waals surface area contributed by atoms with Crippen molar-refractivity contribution < 1.29 is 19.2 Å². The van der Waals surface area contributed by atoms with Crippen molar-refractivity contribution in [2.75, 3.05) is 26.2 Å². The Kier molecular flexibility index (Phi) is 3.42. The van der Waals surface area contributed by atoms with E-state index in [1.54, 1.807) is 18.2 Å². The summed E-state index contributed by atoms with van der Waals surface area (Å²) < 4.78 is 0. The zero-order chi connectivity index (χ0) is 18.8. The number of fused-ring (bicyclic) bond motifs is 1. The Balaban J connectivity index is 1.32. The Morgan fingerprint density at radius 2 is 1.93 bits per heavy atom. The second kappa shape index (κ2) is 5.63. The minimum absolute atomic E-state index is 0.0118. The SMILES string of the molecule is O=C1CCC(N2Cc3cc(C(=O)N4CC5(CNC5)C4)ccc3C2=O)C(=O)N1. The summed E-state index contributed by atoms with van der Waals surface area (Å²) in [4.78, 5) is 52.2. The van der Waals surface area contributed by atoms with Crippen LogP contribution in [0, 0.1) is 5.41 Å². The predicted octanol–water partition coefficient (Wildman–Crippen LogP) is -0.507. The summed E-state index contributed by atoms with van der Waals surface area (Å²) >= 11 is 0. The van der Waals surface area contributed by atoms with Crippen molar-refractivity contribution in [3.05, 3.63) is 34.9 Å². The van der Waals surface area contributed by atoms with Crippen LogP contribution in [0.25, 0.3) is 0 Å². The molecule has 0 radical (unpaired) electrons. The lowest BCUT2D eigenvalue weighted by molar-refractivity contribution is -0.136. The molecule has 0 bridgehead atoms. The van der Waals surface area contributed by atoms with Gasteiger partial charge in [0.15, 0.2) is 0 Å². The van der Waals surface area contributed by atoms with Crippen molar-refractivity contribution >= 4 is 23.6 Å². The summed E-state index contributed by atoms with van der Waals surface area (Å²) in [6, 6.07) is 4.50. The van der Waals surface area contributed by atoms with Crippen LogP contribution in [0.5, 0.6) is 0 Å². The van der Waals surface area contributed by atoms with Crippen LogP contribution in [-0.4, -0.2) is 65.6 Å². The summed E-state index contributed by atoms with van der Waals surface area (Å²) in [7, 11) is 0. The summed E-state index contributed by atoms with van der Waals surface area (Å²) in [5.41, 5.74) is 2.13. The van der Waals surface area contributed by atoms with Crippen molar-refractivity contribution in [3.8, 4) is 0 Å². The Morgan fingerprint density at radius 1 is 1.15 bits per heavy atom. The highest BCUT2D eigenvalue weighted by atomic mass is 16.2. The van der Waals surface area contributed by atoms with Crippen LogP contribution in [0.15, 0.2) is 18.2 Å². The number of carbonyl (C=O) groups excluding carboxylic acids is 4. The zero-order valence-electron chi connectivity index (χ0n) is 14.8. The van der Waals surface area contributed by atoms with Crippen molar-refractivity contribution in [3.63, 3.8) is 0 Å². The molecule has 1 aromatic rings. The lowest BCUT2D eigenvalue weighted by Gasteiger charge is -2.56. The van der Waals surface area contributed by atoms with Crippen LogP contribution in [0.1, 0.15) is 39.1 Å². The molecule has 3 fully saturated rings. The van der Waals surface area contributed by atoms with Gasteiger partial charge in [-0.25, -0.2) is 0 Å². The first-order valence-electron chi connectivity index (χ1n) is 9.23. The highest BCUT2D eigenvalue weighted by Gasteiger charge is 2.49. The first-order chi connectivity index (χ1) is 13.0. The van der Waals surface area contributed by atoms with E-state index < -0.39 is 11.9 Å². The number of piperidine rings is 1. The Morgan fingerprint density at radius 3 is 2.59 bits per heavy atom. The van der Waals surface area contributed by atoms with E-state index in [4.69, 9.17) is 0 Å². The number of likely N-dealkylation sites (tertiary alicyclic amines) is 1. The van der Waals surface area contributed by atoms with E-state index in [1.165, 1.54) is 4.90 Å². The van der Waals surface area contributed by atoms with Gasteiger partial charge < -0.3 is 15.1 Å². The molecule has 4 heterocycles. The van der Waals surface area contributed by atoms with Crippen LogP contribution in [-0.2, 0) is 16.1 Å². The smallest absolute Gasteiger partial charge is 0.255 e. The van der Waals surface area contributed by atoms with Crippen LogP contribution >= 0.6 is 0 Å². The number of amides is 4. The van der Waals surface area contributed by atoms with E-state index >= 15 is 0 Å². The van der Waals surface area contributed by atoms with Gasteiger partial charge in [0, 0.05) is 55.7 Å². The van der Waals surface area contributed by atoms with Gasteiger partial charge in [-0.1, -0.05) is 0 Å². The minimum Gasteiger partial charge on any atom is -0.337 e. The fourth-order valence-corrected chi connectivity index (χ4v) is 4.50. The van der Waals surface area contributed by atoms with Crippen molar-refractivity contribution in [1.29, 1.82) is 0 Å². The second-order valence-electron chi connectivity index (χ2n) is 8.04. The quantitative estimate of drug-likeness (QED) is 0.686. The standard InChI is InChI=1S/C19H20N4O4/c24-15-4-3-14(16(25)21-15)23-6-12-5-11(1-2-13(12)18(23)27)17(26)22-9-19(10-22)7-20-8-19/h1-2,5,14,20H,3-4,6-10H2,(H,21,24,25). The molecule has 1 spiro atoms. The van der Waals surface area contributed by atoms with Gasteiger partial charge in [-0.05, 0) is 30.2 Å². The summed E-state index contributed by atoms with van der Waals surface area (Å²) in [5, 5.41) is 5.54. The molecular weight excluding hydrogens is 348 g/mol. The first kappa shape index (κ1) is 16.4. The maximum atomic E-state index is 12.7. The van der Waals surface area contributed by atoms with Crippen molar-refractivity contribution in [2.24, 2.45) is 5.41 Å². The molecule has 5 rings (SSSR count). The number of nitrogens with one attached hydrogen (secondary N) is 2. The zero-order valence-corrected chi connectivity index (χ0v) is 14.8. The molecule has 8 nitrogen and oxygen atoms in total. The summed E-state index contributed by atoms with van der Waals surface area (Å²) in [5.74, 6) is -0.963. The first-order valence-corrected chi connectivity index (χ1v) is 9.23. The molecular formula is C19H20N4O4. The largest absolute Gasteiger partial charge is 0.337 e. The number of carbonyl (C=O) groups is 4. The minimum atomic E-state index is -0.636. The molecule has 4 amide bonds. The third-order valence-electron chi connectivity index (χ3n) is 6.11. The van der Waals surface area contributed by atoms with E-state index in [0.29, 0.717) is 17.5 Å². The third-order valence-corrected chi connectivity index (χ3v) is 6.11. The lowest BCUT2D eigenvalue weighted by atomic mass is 9.74. The van der Waals surface area contributed by atoms with Gasteiger partial charge in [-0.3, -0.25) is 24.5 Å². The number of rotatable bonds is 2. The molecule has 4 aliphatic rings. The lowest BCUT2D eigenvalue weighted by Crippen LogP contribution is -2.71. The van der Waals surface area contributed by atoms with E-state index in [9.17, 15) is 19.2 Å². The maximum absolute atomic E-state index is 12.7. The van der Waals surface area contributed by atoms with E-state index in [-0.39, 0.29) is 36.1 Å². The summed E-state index contributed by atoms with van der Waals surface area (Å²) in [6.45, 7) is 3.77. The van der Waals surface area contributed by atoms with Crippen molar-refractivity contribution in [2.45, 2.75) is 25.4 Å². The molecule has 1 unspecified atom stereocenters. The number of nitrogens with zero attached hydrogens (tertiary/aromatic N) is 2. The predicted molar refractivity (Wildman–Crippen MR) is 93.7 cm³/mol. The second-order valence-corrected chi connectivity index (χ2v) is 8.04. The highest BCUT2D eigenvalue weighted by molar-refractivity contribution is 6.06. The van der Waals surface area contributed by atoms with Crippen LogP contribution < -0.4 is 10.6 Å². The fraction of sp³-hybridized carbons (Fsp3) is 0.474. The molecule has 140 valence electrons. The number of imide groups is 1. The van der Waals surface area contributed by atoms with Crippen LogP contribution in [0.4, 0.5) is 0 Å². The van der Waals surface area contributed by atoms with Gasteiger partial charge in [-0.15, -0.1) is 0 Å². The van der Waals surface area contributed by atoms with Gasteiger partial charge in [0.05, 0.1) is 0 Å². The monoisotopic (exact) mass is 368 g/mol.